The van der Waals surface area contributed by atoms with Crippen molar-refractivity contribution in [2.45, 2.75) is 20.8 Å². The molecule has 3 rings (SSSR count). The molecule has 0 heterocycles. The van der Waals surface area contributed by atoms with Crippen LogP contribution in [0.4, 0.5) is 0 Å². The Balaban J connectivity index is 1.94. The highest BCUT2D eigenvalue weighted by Gasteiger charge is 2.15. The molecule has 3 nitrogen and oxygen atoms in total. The molecule has 0 aliphatic carbocycles. The van der Waals surface area contributed by atoms with Crippen LogP contribution in [-0.2, 0) is 0 Å². The molecule has 0 atom stereocenters. The zero-order chi connectivity index (χ0) is 17.8. The summed E-state index contributed by atoms with van der Waals surface area (Å²) in [5.74, 6) is 3.36. The first-order valence-corrected chi connectivity index (χ1v) is 8.23. The summed E-state index contributed by atoms with van der Waals surface area (Å²) < 4.78 is 17.6. The first kappa shape index (κ1) is 16.9. The monoisotopic (exact) mass is 334 g/mol. The van der Waals surface area contributed by atoms with Crippen molar-refractivity contribution in [3.05, 3.63) is 77.4 Å². The first-order valence-electron chi connectivity index (χ1n) is 8.23. The highest BCUT2D eigenvalue weighted by molar-refractivity contribution is 5.56. The van der Waals surface area contributed by atoms with Crippen molar-refractivity contribution in [3.63, 3.8) is 0 Å². The summed E-state index contributed by atoms with van der Waals surface area (Å²) in [5.41, 5.74) is 3.41. The molecular formula is C22H22O3. The molecule has 0 N–H and O–H groups in total. The van der Waals surface area contributed by atoms with E-state index in [1.807, 2.05) is 81.4 Å². The number of hydrogen-bond acceptors (Lipinski definition) is 3. The molecule has 128 valence electrons. The summed E-state index contributed by atoms with van der Waals surface area (Å²) >= 11 is 0. The van der Waals surface area contributed by atoms with E-state index in [0.29, 0.717) is 17.2 Å². The first-order chi connectivity index (χ1) is 12.0. The van der Waals surface area contributed by atoms with Crippen LogP contribution in [0.5, 0.6) is 28.7 Å². The second-order valence-corrected chi connectivity index (χ2v) is 6.12. The number of benzene rings is 3. The second kappa shape index (κ2) is 7.31. The van der Waals surface area contributed by atoms with Gasteiger partial charge in [0.25, 0.3) is 0 Å². The molecule has 3 aromatic rings. The lowest BCUT2D eigenvalue weighted by molar-refractivity contribution is 0.352. The van der Waals surface area contributed by atoms with Gasteiger partial charge in [0.2, 0.25) is 5.75 Å². The Labute approximate surface area is 148 Å². The van der Waals surface area contributed by atoms with Crippen molar-refractivity contribution in [1.29, 1.82) is 0 Å². The third-order valence-corrected chi connectivity index (χ3v) is 3.87. The van der Waals surface area contributed by atoms with E-state index in [2.05, 4.69) is 0 Å². The van der Waals surface area contributed by atoms with Gasteiger partial charge in [-0.2, -0.15) is 0 Å². The van der Waals surface area contributed by atoms with Gasteiger partial charge in [-0.1, -0.05) is 35.4 Å². The lowest BCUT2D eigenvalue weighted by Crippen LogP contribution is -1.95. The van der Waals surface area contributed by atoms with E-state index in [1.165, 1.54) is 11.1 Å². The van der Waals surface area contributed by atoms with Crippen LogP contribution in [0, 0.1) is 20.8 Å². The molecule has 0 amide bonds. The minimum Gasteiger partial charge on any atom is -0.490 e. The van der Waals surface area contributed by atoms with E-state index in [4.69, 9.17) is 14.2 Å². The van der Waals surface area contributed by atoms with Crippen LogP contribution in [0.25, 0.3) is 0 Å². The number of rotatable bonds is 5. The van der Waals surface area contributed by atoms with Crippen molar-refractivity contribution in [1.82, 2.24) is 0 Å². The van der Waals surface area contributed by atoms with Gasteiger partial charge in [-0.3, -0.25) is 0 Å². The molecule has 0 unspecified atom stereocenters. The second-order valence-electron chi connectivity index (χ2n) is 6.12. The van der Waals surface area contributed by atoms with E-state index in [-0.39, 0.29) is 0 Å². The number of hydrogen-bond donors (Lipinski definition) is 0. The average molecular weight is 334 g/mol. The summed E-state index contributed by atoms with van der Waals surface area (Å²) in [5, 5.41) is 0. The number of methoxy groups -OCH3 is 1. The highest BCUT2D eigenvalue weighted by Crippen LogP contribution is 2.42. The predicted octanol–water partition coefficient (Wildman–Crippen LogP) is 6.21. The fourth-order valence-corrected chi connectivity index (χ4v) is 2.53. The molecule has 0 saturated carbocycles. The minimum absolute atomic E-state index is 0.576. The van der Waals surface area contributed by atoms with Crippen LogP contribution in [0.1, 0.15) is 16.7 Å². The van der Waals surface area contributed by atoms with Crippen molar-refractivity contribution >= 4 is 0 Å². The molecule has 0 spiro atoms. The molecule has 0 aliphatic heterocycles. The van der Waals surface area contributed by atoms with Crippen LogP contribution in [0.15, 0.2) is 60.7 Å². The minimum atomic E-state index is 0.576. The normalized spacial score (nSPS) is 10.4. The zero-order valence-electron chi connectivity index (χ0n) is 15.0. The van der Waals surface area contributed by atoms with E-state index >= 15 is 0 Å². The zero-order valence-corrected chi connectivity index (χ0v) is 15.0. The van der Waals surface area contributed by atoms with Crippen molar-refractivity contribution in [2.24, 2.45) is 0 Å². The largest absolute Gasteiger partial charge is 0.490 e. The molecule has 0 bridgehead atoms. The van der Waals surface area contributed by atoms with Crippen molar-refractivity contribution in [3.8, 4) is 28.7 Å². The maximum atomic E-state index is 6.03. The van der Waals surface area contributed by atoms with Crippen LogP contribution in [-0.4, -0.2) is 7.11 Å². The SMILES string of the molecule is COc1c(Oc2ccc(C)cc2)cc(C)cc1Oc1ccc(C)cc1. The van der Waals surface area contributed by atoms with E-state index in [0.717, 1.165) is 17.1 Å². The smallest absolute Gasteiger partial charge is 0.204 e. The molecule has 3 heteroatoms. The summed E-state index contributed by atoms with van der Waals surface area (Å²) in [7, 11) is 1.62. The number of aryl methyl sites for hydroxylation is 3. The molecular weight excluding hydrogens is 312 g/mol. The topological polar surface area (TPSA) is 27.7 Å². The quantitative estimate of drug-likeness (QED) is 0.555. The van der Waals surface area contributed by atoms with Gasteiger partial charge in [-0.25, -0.2) is 0 Å². The summed E-state index contributed by atoms with van der Waals surface area (Å²) in [6, 6.07) is 19.7. The third kappa shape index (κ3) is 4.13. The third-order valence-electron chi connectivity index (χ3n) is 3.87. The van der Waals surface area contributed by atoms with E-state index < -0.39 is 0 Å². The van der Waals surface area contributed by atoms with Crippen molar-refractivity contribution < 1.29 is 14.2 Å². The van der Waals surface area contributed by atoms with Crippen molar-refractivity contribution in [2.75, 3.05) is 7.11 Å². The van der Waals surface area contributed by atoms with Gasteiger partial charge in [0.05, 0.1) is 7.11 Å². The Kier molecular flexibility index (Phi) is 4.94. The van der Waals surface area contributed by atoms with Crippen LogP contribution >= 0.6 is 0 Å². The van der Waals surface area contributed by atoms with E-state index in [1.54, 1.807) is 7.11 Å². The maximum absolute atomic E-state index is 6.03. The molecule has 0 fully saturated rings. The summed E-state index contributed by atoms with van der Waals surface area (Å²) in [4.78, 5) is 0. The number of ether oxygens (including phenoxy) is 3. The lowest BCUT2D eigenvalue weighted by atomic mass is 10.2. The molecule has 3 aromatic carbocycles. The molecule has 0 aromatic heterocycles. The van der Waals surface area contributed by atoms with Gasteiger partial charge >= 0.3 is 0 Å². The van der Waals surface area contributed by atoms with Gasteiger partial charge in [0, 0.05) is 0 Å². The average Bonchev–Trinajstić information content (AvgIpc) is 2.59. The fraction of sp³-hybridized carbons (Fsp3) is 0.182. The lowest BCUT2D eigenvalue weighted by Gasteiger charge is -2.16. The van der Waals surface area contributed by atoms with Crippen LogP contribution < -0.4 is 14.2 Å². The fourth-order valence-electron chi connectivity index (χ4n) is 2.53. The highest BCUT2D eigenvalue weighted by atomic mass is 16.5. The van der Waals surface area contributed by atoms with Gasteiger partial charge < -0.3 is 14.2 Å². The Bertz CT molecular complexity index is 781. The Morgan fingerprint density at radius 2 is 0.960 bits per heavy atom. The predicted molar refractivity (Wildman–Crippen MR) is 100 cm³/mol. The maximum Gasteiger partial charge on any atom is 0.204 e. The van der Waals surface area contributed by atoms with Crippen LogP contribution in [0.3, 0.4) is 0 Å². The molecule has 25 heavy (non-hydrogen) atoms. The van der Waals surface area contributed by atoms with Gasteiger partial charge in [0.15, 0.2) is 11.5 Å². The Morgan fingerprint density at radius 3 is 1.32 bits per heavy atom. The van der Waals surface area contributed by atoms with Gasteiger partial charge in [-0.15, -0.1) is 0 Å². The summed E-state index contributed by atoms with van der Waals surface area (Å²) in [6.45, 7) is 6.10. The van der Waals surface area contributed by atoms with E-state index in [9.17, 15) is 0 Å². The molecule has 0 aliphatic rings. The van der Waals surface area contributed by atoms with Crippen LogP contribution in [0.2, 0.25) is 0 Å². The molecule has 0 saturated heterocycles. The Morgan fingerprint density at radius 1 is 0.560 bits per heavy atom. The molecule has 0 radical (unpaired) electrons. The summed E-state index contributed by atoms with van der Waals surface area (Å²) in [6.07, 6.45) is 0. The van der Waals surface area contributed by atoms with Gasteiger partial charge in [0.1, 0.15) is 11.5 Å². The Hall–Kier alpha value is -2.94. The standard InChI is InChI=1S/C22H22O3/c1-15-5-9-18(10-6-15)24-20-13-17(3)14-21(22(20)23-4)25-19-11-7-16(2)8-12-19/h5-14H,1-4H3. The van der Waals surface area contributed by atoms with Gasteiger partial charge in [-0.05, 0) is 62.7 Å².